The Morgan fingerprint density at radius 1 is 1.20 bits per heavy atom. The summed E-state index contributed by atoms with van der Waals surface area (Å²) in [7, 11) is 0. The van der Waals surface area contributed by atoms with Crippen LogP contribution in [0.2, 0.25) is 0 Å². The van der Waals surface area contributed by atoms with Gasteiger partial charge in [0.2, 0.25) is 11.8 Å². The van der Waals surface area contributed by atoms with Crippen molar-refractivity contribution in [1.82, 2.24) is 9.80 Å². The van der Waals surface area contributed by atoms with Gasteiger partial charge in [-0.15, -0.1) is 0 Å². The van der Waals surface area contributed by atoms with Crippen LogP contribution in [0.3, 0.4) is 0 Å². The molecular weight excluding hydrogens is 260 g/mol. The summed E-state index contributed by atoms with van der Waals surface area (Å²) in [5, 5.41) is 19.0. The fraction of sp³-hybridized carbons (Fsp3) is 0.857. The molecule has 0 radical (unpaired) electrons. The number of hydrogen-bond donors (Lipinski definition) is 2. The number of aliphatic hydroxyl groups is 2. The zero-order valence-corrected chi connectivity index (χ0v) is 11.8. The number of nitrogens with zero attached hydrogens (tertiary/aromatic N) is 2. The minimum atomic E-state index is -0.837. The number of amides is 2. The molecule has 6 heteroatoms. The second kappa shape index (κ2) is 7.04. The Morgan fingerprint density at radius 3 is 2.70 bits per heavy atom. The standard InChI is InChI=1S/C14H24N2O4/c17-11-6-9-16(10-12(11)18)14(20)5-3-8-15-7-2-1-4-13(15)19/h11-12,17-18H,1-10H2/t11-,12+/m0/s1. The second-order valence-corrected chi connectivity index (χ2v) is 5.70. The Hall–Kier alpha value is -1.14. The van der Waals surface area contributed by atoms with Gasteiger partial charge in [0.05, 0.1) is 12.2 Å². The molecule has 2 fully saturated rings. The first-order valence-corrected chi connectivity index (χ1v) is 7.49. The molecule has 2 aliphatic heterocycles. The number of carbonyl (C=O) groups excluding carboxylic acids is 2. The van der Waals surface area contributed by atoms with Gasteiger partial charge in [0.15, 0.2) is 0 Å². The van der Waals surface area contributed by atoms with Crippen molar-refractivity contribution < 1.29 is 19.8 Å². The molecule has 6 nitrogen and oxygen atoms in total. The molecule has 0 bridgehead atoms. The van der Waals surface area contributed by atoms with E-state index in [0.717, 1.165) is 19.4 Å². The SMILES string of the molecule is O=C1CCCCN1CCCC(=O)N1CC[C@H](O)[C@H](O)C1. The maximum absolute atomic E-state index is 12.0. The largest absolute Gasteiger partial charge is 0.390 e. The van der Waals surface area contributed by atoms with Crippen molar-refractivity contribution >= 4 is 11.8 Å². The van der Waals surface area contributed by atoms with Crippen molar-refractivity contribution in [2.24, 2.45) is 0 Å². The second-order valence-electron chi connectivity index (χ2n) is 5.70. The molecule has 2 saturated heterocycles. The lowest BCUT2D eigenvalue weighted by atomic mass is 10.0. The maximum atomic E-state index is 12.0. The van der Waals surface area contributed by atoms with Gasteiger partial charge in [0.1, 0.15) is 0 Å². The van der Waals surface area contributed by atoms with Crippen LogP contribution in [0, 0.1) is 0 Å². The smallest absolute Gasteiger partial charge is 0.222 e. The number of hydrogen-bond acceptors (Lipinski definition) is 4. The molecule has 2 amide bonds. The van der Waals surface area contributed by atoms with E-state index in [1.54, 1.807) is 4.90 Å². The molecule has 0 saturated carbocycles. The highest BCUT2D eigenvalue weighted by Gasteiger charge is 2.28. The minimum Gasteiger partial charge on any atom is -0.390 e. The van der Waals surface area contributed by atoms with Crippen molar-refractivity contribution in [3.8, 4) is 0 Å². The van der Waals surface area contributed by atoms with E-state index >= 15 is 0 Å². The summed E-state index contributed by atoms with van der Waals surface area (Å²) < 4.78 is 0. The molecule has 0 unspecified atom stereocenters. The molecule has 0 aromatic heterocycles. The normalized spacial score (nSPS) is 27.8. The van der Waals surface area contributed by atoms with Crippen molar-refractivity contribution in [1.29, 1.82) is 0 Å². The van der Waals surface area contributed by atoms with Gasteiger partial charge in [-0.1, -0.05) is 0 Å². The number of piperidine rings is 2. The van der Waals surface area contributed by atoms with E-state index in [9.17, 15) is 19.8 Å². The molecule has 0 aromatic carbocycles. The van der Waals surface area contributed by atoms with Gasteiger partial charge in [-0.05, 0) is 25.7 Å². The lowest BCUT2D eigenvalue weighted by molar-refractivity contribution is -0.139. The summed E-state index contributed by atoms with van der Waals surface area (Å²) >= 11 is 0. The third-order valence-corrected chi connectivity index (χ3v) is 4.14. The lowest BCUT2D eigenvalue weighted by Gasteiger charge is -2.33. The van der Waals surface area contributed by atoms with E-state index < -0.39 is 12.2 Å². The molecule has 2 N–H and O–H groups in total. The summed E-state index contributed by atoms with van der Waals surface area (Å²) in [4.78, 5) is 27.1. The maximum Gasteiger partial charge on any atom is 0.222 e. The lowest BCUT2D eigenvalue weighted by Crippen LogP contribution is -2.49. The Morgan fingerprint density at radius 2 is 2.00 bits per heavy atom. The number of carbonyl (C=O) groups is 2. The van der Waals surface area contributed by atoms with Crippen molar-refractivity contribution in [3.63, 3.8) is 0 Å². The molecule has 2 heterocycles. The fourth-order valence-electron chi connectivity index (χ4n) is 2.82. The minimum absolute atomic E-state index is 0.000378. The molecule has 0 aromatic rings. The van der Waals surface area contributed by atoms with Crippen molar-refractivity contribution in [2.75, 3.05) is 26.2 Å². The fourth-order valence-corrected chi connectivity index (χ4v) is 2.82. The van der Waals surface area contributed by atoms with Crippen LogP contribution in [0.15, 0.2) is 0 Å². The summed E-state index contributed by atoms with van der Waals surface area (Å²) in [5.41, 5.74) is 0. The van der Waals surface area contributed by atoms with Gasteiger partial charge in [-0.2, -0.15) is 0 Å². The quantitative estimate of drug-likeness (QED) is 0.745. The van der Waals surface area contributed by atoms with E-state index in [4.69, 9.17) is 0 Å². The number of likely N-dealkylation sites (tertiary alicyclic amines) is 2. The average molecular weight is 284 g/mol. The molecular formula is C14H24N2O4. The highest BCUT2D eigenvalue weighted by molar-refractivity contribution is 5.77. The summed E-state index contributed by atoms with van der Waals surface area (Å²) in [5.74, 6) is 0.195. The van der Waals surface area contributed by atoms with Gasteiger partial charge < -0.3 is 20.0 Å². The van der Waals surface area contributed by atoms with Gasteiger partial charge in [-0.3, -0.25) is 9.59 Å². The third kappa shape index (κ3) is 3.93. The molecule has 2 aliphatic rings. The Balaban J connectivity index is 1.68. The van der Waals surface area contributed by atoms with Crippen LogP contribution in [0.5, 0.6) is 0 Å². The molecule has 114 valence electrons. The topological polar surface area (TPSA) is 81.1 Å². The van der Waals surface area contributed by atoms with Crippen LogP contribution >= 0.6 is 0 Å². The van der Waals surface area contributed by atoms with Gasteiger partial charge >= 0.3 is 0 Å². The van der Waals surface area contributed by atoms with Crippen molar-refractivity contribution in [3.05, 3.63) is 0 Å². The van der Waals surface area contributed by atoms with Crippen LogP contribution in [-0.4, -0.2) is 70.2 Å². The van der Waals surface area contributed by atoms with E-state index in [1.807, 2.05) is 4.90 Å². The van der Waals surface area contributed by atoms with Gasteiger partial charge in [0, 0.05) is 39.0 Å². The Bertz CT molecular complexity index is 361. The molecule has 0 spiro atoms. The van der Waals surface area contributed by atoms with Gasteiger partial charge in [-0.25, -0.2) is 0 Å². The summed E-state index contributed by atoms with van der Waals surface area (Å²) in [6.07, 6.45) is 2.59. The van der Waals surface area contributed by atoms with Crippen LogP contribution < -0.4 is 0 Å². The first-order valence-electron chi connectivity index (χ1n) is 7.49. The molecule has 2 rings (SSSR count). The average Bonchev–Trinajstić information content (AvgIpc) is 2.44. The first-order chi connectivity index (χ1) is 9.58. The third-order valence-electron chi connectivity index (χ3n) is 4.14. The number of aliphatic hydroxyl groups excluding tert-OH is 2. The molecule has 0 aliphatic carbocycles. The molecule has 2 atom stereocenters. The zero-order valence-electron chi connectivity index (χ0n) is 11.8. The van der Waals surface area contributed by atoms with Crippen LogP contribution in [0.4, 0.5) is 0 Å². The highest BCUT2D eigenvalue weighted by Crippen LogP contribution is 2.14. The molecule has 20 heavy (non-hydrogen) atoms. The van der Waals surface area contributed by atoms with Crippen LogP contribution in [-0.2, 0) is 9.59 Å². The predicted molar refractivity (Wildman–Crippen MR) is 72.9 cm³/mol. The number of β-amino-alcohol motifs (C(OH)–C–C–N with tert-alkyl or cyclic N) is 1. The summed E-state index contributed by atoms with van der Waals surface area (Å²) in [6, 6.07) is 0. The van der Waals surface area contributed by atoms with E-state index in [1.165, 1.54) is 0 Å². The summed E-state index contributed by atoms with van der Waals surface area (Å²) in [6.45, 7) is 2.16. The van der Waals surface area contributed by atoms with E-state index in [2.05, 4.69) is 0 Å². The highest BCUT2D eigenvalue weighted by atomic mass is 16.3. The Labute approximate surface area is 119 Å². The zero-order chi connectivity index (χ0) is 14.5. The number of rotatable bonds is 4. The predicted octanol–water partition coefficient (Wildman–Crippen LogP) is -0.267. The van der Waals surface area contributed by atoms with Gasteiger partial charge in [0.25, 0.3) is 0 Å². The van der Waals surface area contributed by atoms with Crippen LogP contribution in [0.1, 0.15) is 38.5 Å². The van der Waals surface area contributed by atoms with E-state index in [0.29, 0.717) is 38.8 Å². The Kier molecular flexibility index (Phi) is 5.37. The first kappa shape index (κ1) is 15.3. The van der Waals surface area contributed by atoms with E-state index in [-0.39, 0.29) is 18.4 Å². The monoisotopic (exact) mass is 284 g/mol. The van der Waals surface area contributed by atoms with Crippen molar-refractivity contribution in [2.45, 2.75) is 50.7 Å². The van der Waals surface area contributed by atoms with Crippen LogP contribution in [0.25, 0.3) is 0 Å².